The average molecular weight is 211 g/mol. The van der Waals surface area contributed by atoms with E-state index in [0.29, 0.717) is 6.42 Å². The van der Waals surface area contributed by atoms with Crippen LogP contribution in [0.25, 0.3) is 0 Å². The fourth-order valence-corrected chi connectivity index (χ4v) is 1.51. The molecule has 0 spiro atoms. The van der Waals surface area contributed by atoms with Crippen LogP contribution in [0.15, 0.2) is 11.5 Å². The lowest BCUT2D eigenvalue weighted by Crippen LogP contribution is -2.31. The summed E-state index contributed by atoms with van der Waals surface area (Å²) in [6.07, 6.45) is 2.04. The Morgan fingerprint density at radius 2 is 2.07 bits per heavy atom. The molecule has 84 valence electrons. The van der Waals surface area contributed by atoms with Gasteiger partial charge in [-0.3, -0.25) is 9.59 Å². The highest BCUT2D eigenvalue weighted by molar-refractivity contribution is 6.24. The molecular formula is C11H17NO3. The average Bonchev–Trinajstić information content (AvgIpc) is 2.33. The van der Waals surface area contributed by atoms with Crippen molar-refractivity contribution < 1.29 is 14.3 Å². The smallest absolute Gasteiger partial charge is 0.214 e. The van der Waals surface area contributed by atoms with Crippen LogP contribution in [0.5, 0.6) is 0 Å². The van der Waals surface area contributed by atoms with E-state index in [2.05, 4.69) is 0 Å². The van der Waals surface area contributed by atoms with E-state index in [1.54, 1.807) is 13.8 Å². The molecule has 1 aliphatic rings. The topological polar surface area (TPSA) is 69.4 Å². The van der Waals surface area contributed by atoms with Gasteiger partial charge in [-0.1, -0.05) is 13.3 Å². The number of hydrogen-bond donors (Lipinski definition) is 1. The molecule has 0 aromatic carbocycles. The third-order valence-electron chi connectivity index (χ3n) is 2.42. The maximum Gasteiger partial charge on any atom is 0.214 e. The Kier molecular flexibility index (Phi) is 3.17. The van der Waals surface area contributed by atoms with Gasteiger partial charge in [-0.2, -0.15) is 0 Å². The zero-order chi connectivity index (χ0) is 11.6. The molecule has 4 heteroatoms. The van der Waals surface area contributed by atoms with E-state index >= 15 is 0 Å². The van der Waals surface area contributed by atoms with E-state index in [-0.39, 0.29) is 23.0 Å². The van der Waals surface area contributed by atoms with Crippen LogP contribution < -0.4 is 5.73 Å². The number of ether oxygens (including phenoxy) is 1. The third-order valence-corrected chi connectivity index (χ3v) is 2.42. The van der Waals surface area contributed by atoms with E-state index in [0.717, 1.165) is 12.8 Å². The summed E-state index contributed by atoms with van der Waals surface area (Å²) in [6.45, 7) is 5.21. The number of hydrogen-bond acceptors (Lipinski definition) is 4. The first-order valence-corrected chi connectivity index (χ1v) is 5.17. The van der Waals surface area contributed by atoms with Crippen molar-refractivity contribution in [2.24, 2.45) is 5.73 Å². The van der Waals surface area contributed by atoms with Crippen LogP contribution >= 0.6 is 0 Å². The molecule has 1 aliphatic heterocycles. The molecule has 0 radical (unpaired) electrons. The second-order valence-electron chi connectivity index (χ2n) is 4.21. The van der Waals surface area contributed by atoms with Crippen LogP contribution in [0.1, 0.15) is 40.0 Å². The molecule has 15 heavy (non-hydrogen) atoms. The fourth-order valence-electron chi connectivity index (χ4n) is 1.51. The van der Waals surface area contributed by atoms with Gasteiger partial charge in [0.2, 0.25) is 5.78 Å². The summed E-state index contributed by atoms with van der Waals surface area (Å²) in [5.74, 6) is -0.530. The second-order valence-corrected chi connectivity index (χ2v) is 4.21. The normalized spacial score (nSPS) is 19.3. The Morgan fingerprint density at radius 1 is 1.47 bits per heavy atom. The molecule has 0 aromatic heterocycles. The van der Waals surface area contributed by atoms with Crippen molar-refractivity contribution in [2.45, 2.75) is 45.6 Å². The zero-order valence-corrected chi connectivity index (χ0v) is 9.42. The number of rotatable bonds is 4. The van der Waals surface area contributed by atoms with Crippen molar-refractivity contribution in [2.75, 3.05) is 0 Å². The molecular weight excluding hydrogens is 194 g/mol. The minimum atomic E-state index is -0.985. The Labute approximate surface area is 89.5 Å². The van der Waals surface area contributed by atoms with Gasteiger partial charge in [0.05, 0.1) is 0 Å². The standard InChI is InChI=1S/C11H17NO3/c1-4-5-6-7(13)8-9(14)11(2,3)15-10(8)12/h4-6,12H2,1-3H3. The van der Waals surface area contributed by atoms with Crippen LogP contribution in [0.3, 0.4) is 0 Å². The van der Waals surface area contributed by atoms with Gasteiger partial charge in [0.1, 0.15) is 5.57 Å². The first-order valence-electron chi connectivity index (χ1n) is 5.17. The lowest BCUT2D eigenvalue weighted by molar-refractivity contribution is -0.129. The SMILES string of the molecule is CCCCC(=O)C1=C(N)OC(C)(C)C1=O. The molecule has 0 fully saturated rings. The Balaban J connectivity index is 2.82. The maximum absolute atomic E-state index is 11.8. The van der Waals surface area contributed by atoms with Crippen molar-refractivity contribution in [3.05, 3.63) is 11.5 Å². The highest BCUT2D eigenvalue weighted by atomic mass is 16.5. The number of unbranched alkanes of at least 4 members (excludes halogenated alkanes) is 1. The van der Waals surface area contributed by atoms with E-state index in [1.807, 2.05) is 6.92 Å². The number of carbonyl (C=O) groups is 2. The molecule has 0 amide bonds. The number of nitrogens with two attached hydrogens (primary N) is 1. The number of Topliss-reactive ketones (excluding diaryl/α,β-unsaturated/α-hetero) is 2. The molecule has 0 bridgehead atoms. The third kappa shape index (κ3) is 2.19. The molecule has 0 saturated heterocycles. The lowest BCUT2D eigenvalue weighted by atomic mass is 9.95. The molecule has 1 rings (SSSR count). The molecule has 0 atom stereocenters. The van der Waals surface area contributed by atoms with Gasteiger partial charge in [0.25, 0.3) is 0 Å². The van der Waals surface area contributed by atoms with Crippen molar-refractivity contribution in [3.8, 4) is 0 Å². The molecule has 1 heterocycles. The summed E-state index contributed by atoms with van der Waals surface area (Å²) < 4.78 is 5.16. The van der Waals surface area contributed by atoms with Gasteiger partial charge in [-0.25, -0.2) is 0 Å². The molecule has 0 saturated carbocycles. The predicted octanol–water partition coefficient (Wildman–Crippen LogP) is 1.29. The Hall–Kier alpha value is -1.32. The minimum absolute atomic E-state index is 0.0221. The predicted molar refractivity (Wildman–Crippen MR) is 55.9 cm³/mol. The van der Waals surface area contributed by atoms with Crippen LogP contribution in [-0.2, 0) is 14.3 Å². The van der Waals surface area contributed by atoms with E-state index in [1.165, 1.54) is 0 Å². The quantitative estimate of drug-likeness (QED) is 0.711. The largest absolute Gasteiger partial charge is 0.464 e. The van der Waals surface area contributed by atoms with E-state index in [9.17, 15) is 9.59 Å². The van der Waals surface area contributed by atoms with Gasteiger partial charge in [0.15, 0.2) is 17.3 Å². The van der Waals surface area contributed by atoms with Crippen molar-refractivity contribution in [1.29, 1.82) is 0 Å². The second kappa shape index (κ2) is 4.04. The van der Waals surface area contributed by atoms with Crippen LogP contribution in [0.4, 0.5) is 0 Å². The molecule has 0 unspecified atom stereocenters. The van der Waals surface area contributed by atoms with Crippen molar-refractivity contribution in [3.63, 3.8) is 0 Å². The van der Waals surface area contributed by atoms with Gasteiger partial charge < -0.3 is 10.5 Å². The Bertz CT molecular complexity index is 329. The molecule has 2 N–H and O–H groups in total. The molecule has 0 aliphatic carbocycles. The summed E-state index contributed by atoms with van der Waals surface area (Å²) >= 11 is 0. The van der Waals surface area contributed by atoms with E-state index < -0.39 is 5.60 Å². The van der Waals surface area contributed by atoms with Gasteiger partial charge in [0, 0.05) is 6.42 Å². The number of carbonyl (C=O) groups excluding carboxylic acids is 2. The van der Waals surface area contributed by atoms with Gasteiger partial charge >= 0.3 is 0 Å². The highest BCUT2D eigenvalue weighted by Crippen LogP contribution is 2.28. The Morgan fingerprint density at radius 3 is 2.47 bits per heavy atom. The summed E-state index contributed by atoms with van der Waals surface area (Å²) in [6, 6.07) is 0. The first-order chi connectivity index (χ1) is 6.90. The zero-order valence-electron chi connectivity index (χ0n) is 9.42. The van der Waals surface area contributed by atoms with Crippen LogP contribution in [0, 0.1) is 0 Å². The summed E-state index contributed by atoms with van der Waals surface area (Å²) in [7, 11) is 0. The monoisotopic (exact) mass is 211 g/mol. The highest BCUT2D eigenvalue weighted by Gasteiger charge is 2.43. The maximum atomic E-state index is 11.8. The molecule has 4 nitrogen and oxygen atoms in total. The van der Waals surface area contributed by atoms with E-state index in [4.69, 9.17) is 10.5 Å². The van der Waals surface area contributed by atoms with Crippen LogP contribution in [0.2, 0.25) is 0 Å². The number of ketones is 2. The summed E-state index contributed by atoms with van der Waals surface area (Å²) in [5, 5.41) is 0. The van der Waals surface area contributed by atoms with Crippen molar-refractivity contribution in [1.82, 2.24) is 0 Å². The van der Waals surface area contributed by atoms with Gasteiger partial charge in [-0.15, -0.1) is 0 Å². The van der Waals surface area contributed by atoms with Gasteiger partial charge in [-0.05, 0) is 20.3 Å². The molecule has 0 aromatic rings. The summed E-state index contributed by atoms with van der Waals surface area (Å²) in [4.78, 5) is 23.4. The first kappa shape index (κ1) is 11.8. The fraction of sp³-hybridized carbons (Fsp3) is 0.636. The summed E-state index contributed by atoms with van der Waals surface area (Å²) in [5.41, 5.74) is 4.60. The lowest BCUT2D eigenvalue weighted by Gasteiger charge is -2.15. The van der Waals surface area contributed by atoms with Crippen LogP contribution in [-0.4, -0.2) is 17.2 Å². The minimum Gasteiger partial charge on any atom is -0.464 e. The van der Waals surface area contributed by atoms with Crippen molar-refractivity contribution >= 4 is 11.6 Å².